The van der Waals surface area contributed by atoms with Crippen molar-refractivity contribution in [3.63, 3.8) is 0 Å². The third-order valence-electron chi connectivity index (χ3n) is 2.36. The second-order valence-electron chi connectivity index (χ2n) is 3.57. The fourth-order valence-electron chi connectivity index (χ4n) is 1.58. The van der Waals surface area contributed by atoms with Gasteiger partial charge in [0.25, 0.3) is 0 Å². The predicted molar refractivity (Wildman–Crippen MR) is 76.1 cm³/mol. The number of benzene rings is 1. The average molecular weight is 322 g/mol. The molecular weight excluding hydrogens is 315 g/mol. The minimum absolute atomic E-state index is 0.0381. The van der Waals surface area contributed by atoms with Crippen molar-refractivity contribution in [1.29, 1.82) is 0 Å². The van der Waals surface area contributed by atoms with Crippen molar-refractivity contribution in [2.24, 2.45) is 0 Å². The first-order valence-corrected chi connectivity index (χ1v) is 6.93. The molecule has 0 saturated carbocycles. The lowest BCUT2D eigenvalue weighted by molar-refractivity contribution is -0.136. The van der Waals surface area contributed by atoms with Crippen molar-refractivity contribution >= 4 is 52.1 Å². The van der Waals surface area contributed by atoms with Crippen molar-refractivity contribution in [2.45, 2.75) is 6.42 Å². The molecule has 0 unspecified atom stereocenters. The summed E-state index contributed by atoms with van der Waals surface area (Å²) in [6, 6.07) is 5.04. The molecule has 2 nitrogen and oxygen atoms in total. The van der Waals surface area contributed by atoms with Gasteiger partial charge < -0.3 is 5.11 Å². The van der Waals surface area contributed by atoms with E-state index in [0.29, 0.717) is 20.6 Å². The Balaban J connectivity index is 2.52. The molecule has 0 fully saturated rings. The second-order valence-corrected chi connectivity index (χ2v) is 5.80. The largest absolute Gasteiger partial charge is 0.481 e. The molecule has 2 aromatic rings. The van der Waals surface area contributed by atoms with Crippen LogP contribution in [0.1, 0.15) is 4.88 Å². The third-order valence-corrected chi connectivity index (χ3v) is 4.31. The number of aliphatic carboxylic acids is 1. The Kier molecular flexibility index (Phi) is 4.17. The van der Waals surface area contributed by atoms with Crippen LogP contribution in [0.4, 0.5) is 0 Å². The lowest BCUT2D eigenvalue weighted by atomic mass is 10.1. The van der Waals surface area contributed by atoms with Crippen molar-refractivity contribution in [2.75, 3.05) is 0 Å². The Morgan fingerprint density at radius 3 is 2.44 bits per heavy atom. The number of hydrogen-bond acceptors (Lipinski definition) is 2. The highest BCUT2D eigenvalue weighted by molar-refractivity contribution is 7.10. The second kappa shape index (κ2) is 5.49. The van der Waals surface area contributed by atoms with Gasteiger partial charge in [-0.25, -0.2) is 0 Å². The number of thiophene rings is 1. The molecule has 2 rings (SSSR count). The van der Waals surface area contributed by atoms with Gasteiger partial charge in [0.15, 0.2) is 0 Å². The van der Waals surface area contributed by atoms with Crippen LogP contribution in [-0.4, -0.2) is 11.1 Å². The predicted octanol–water partition coefficient (Wildman–Crippen LogP) is 5.00. The Bertz CT molecular complexity index is 607. The Labute approximate surface area is 123 Å². The van der Waals surface area contributed by atoms with Crippen LogP contribution >= 0.6 is 46.1 Å². The van der Waals surface area contributed by atoms with Crippen molar-refractivity contribution in [3.8, 4) is 11.1 Å². The van der Waals surface area contributed by atoms with Crippen molar-refractivity contribution in [1.82, 2.24) is 0 Å². The third kappa shape index (κ3) is 2.81. The highest BCUT2D eigenvalue weighted by atomic mass is 35.5. The van der Waals surface area contributed by atoms with Crippen LogP contribution in [0.2, 0.25) is 15.1 Å². The number of carbonyl (C=O) groups is 1. The summed E-state index contributed by atoms with van der Waals surface area (Å²) in [5.41, 5.74) is 1.48. The summed E-state index contributed by atoms with van der Waals surface area (Å²) in [7, 11) is 0. The van der Waals surface area contributed by atoms with Crippen LogP contribution in [0, 0.1) is 0 Å². The average Bonchev–Trinajstić information content (AvgIpc) is 2.70. The first kappa shape index (κ1) is 13.7. The number of rotatable bonds is 3. The van der Waals surface area contributed by atoms with Gasteiger partial charge in [0.2, 0.25) is 0 Å². The van der Waals surface area contributed by atoms with E-state index in [-0.39, 0.29) is 6.42 Å². The zero-order valence-corrected chi connectivity index (χ0v) is 12.0. The van der Waals surface area contributed by atoms with Gasteiger partial charge in [-0.3, -0.25) is 4.79 Å². The fraction of sp³-hybridized carbons (Fsp3) is 0.0833. The molecule has 1 aromatic heterocycles. The molecule has 18 heavy (non-hydrogen) atoms. The van der Waals surface area contributed by atoms with Crippen LogP contribution < -0.4 is 0 Å². The monoisotopic (exact) mass is 320 g/mol. The van der Waals surface area contributed by atoms with E-state index in [1.807, 2.05) is 11.4 Å². The number of carboxylic acid groups (broad SMARTS) is 1. The standard InChI is InChI=1S/C12H7Cl3O2S/c13-8-4-10(15)9(14)3-7(8)6-1-2-18-11(6)5-12(16)17/h1-4H,5H2,(H,16,17). The zero-order valence-electron chi connectivity index (χ0n) is 8.91. The summed E-state index contributed by atoms with van der Waals surface area (Å²) >= 11 is 19.3. The molecular formula is C12H7Cl3O2S. The van der Waals surface area contributed by atoms with E-state index >= 15 is 0 Å². The fourth-order valence-corrected chi connectivity index (χ4v) is 3.11. The topological polar surface area (TPSA) is 37.3 Å². The van der Waals surface area contributed by atoms with E-state index in [2.05, 4.69) is 0 Å². The molecule has 94 valence electrons. The van der Waals surface area contributed by atoms with Crippen LogP contribution in [0.15, 0.2) is 23.6 Å². The van der Waals surface area contributed by atoms with Crippen molar-refractivity contribution in [3.05, 3.63) is 43.5 Å². The highest BCUT2D eigenvalue weighted by Gasteiger charge is 2.14. The van der Waals surface area contributed by atoms with Gasteiger partial charge in [0.1, 0.15) is 0 Å². The van der Waals surface area contributed by atoms with Gasteiger partial charge in [0, 0.05) is 10.4 Å². The minimum Gasteiger partial charge on any atom is -0.481 e. The van der Waals surface area contributed by atoms with Gasteiger partial charge >= 0.3 is 5.97 Å². The Morgan fingerprint density at radius 2 is 1.78 bits per heavy atom. The van der Waals surface area contributed by atoms with E-state index in [9.17, 15) is 4.79 Å². The summed E-state index contributed by atoms with van der Waals surface area (Å²) in [5.74, 6) is -0.880. The van der Waals surface area contributed by atoms with Gasteiger partial charge in [-0.15, -0.1) is 11.3 Å². The minimum atomic E-state index is -0.880. The van der Waals surface area contributed by atoms with Crippen LogP contribution in [-0.2, 0) is 11.2 Å². The first-order valence-electron chi connectivity index (χ1n) is 4.92. The number of carboxylic acids is 1. The maximum atomic E-state index is 10.8. The maximum absolute atomic E-state index is 10.8. The van der Waals surface area contributed by atoms with E-state index in [4.69, 9.17) is 39.9 Å². The lowest BCUT2D eigenvalue weighted by Gasteiger charge is -2.07. The first-order chi connectivity index (χ1) is 8.49. The highest BCUT2D eigenvalue weighted by Crippen LogP contribution is 2.38. The maximum Gasteiger partial charge on any atom is 0.308 e. The normalized spacial score (nSPS) is 10.6. The molecule has 0 spiro atoms. The number of halogens is 3. The van der Waals surface area contributed by atoms with E-state index < -0.39 is 5.97 Å². The van der Waals surface area contributed by atoms with Crippen molar-refractivity contribution < 1.29 is 9.90 Å². The summed E-state index contributed by atoms with van der Waals surface area (Å²) in [4.78, 5) is 11.5. The molecule has 0 bridgehead atoms. The van der Waals surface area contributed by atoms with Crippen LogP contribution in [0.3, 0.4) is 0 Å². The molecule has 0 radical (unpaired) electrons. The van der Waals surface area contributed by atoms with E-state index in [1.165, 1.54) is 11.3 Å². The lowest BCUT2D eigenvalue weighted by Crippen LogP contribution is -1.99. The van der Waals surface area contributed by atoms with Gasteiger partial charge in [-0.2, -0.15) is 0 Å². The molecule has 0 aliphatic rings. The molecule has 0 aliphatic carbocycles. The summed E-state index contributed by atoms with van der Waals surface area (Å²) in [6.07, 6.45) is -0.0381. The number of hydrogen-bond donors (Lipinski definition) is 1. The summed E-state index contributed by atoms with van der Waals surface area (Å²) < 4.78 is 0. The molecule has 0 amide bonds. The quantitative estimate of drug-likeness (QED) is 0.807. The molecule has 0 aliphatic heterocycles. The van der Waals surface area contributed by atoms with E-state index in [0.717, 1.165) is 10.4 Å². The molecule has 1 aromatic carbocycles. The summed E-state index contributed by atoms with van der Waals surface area (Å²) in [6.45, 7) is 0. The summed E-state index contributed by atoms with van der Waals surface area (Å²) in [5, 5.41) is 11.9. The van der Waals surface area contributed by atoms with Gasteiger partial charge in [-0.1, -0.05) is 34.8 Å². The van der Waals surface area contributed by atoms with Gasteiger partial charge in [0.05, 0.1) is 21.5 Å². The molecule has 1 heterocycles. The molecule has 6 heteroatoms. The zero-order chi connectivity index (χ0) is 13.3. The Hall–Kier alpha value is -0.740. The molecule has 0 atom stereocenters. The SMILES string of the molecule is O=C(O)Cc1sccc1-c1cc(Cl)c(Cl)cc1Cl. The molecule has 0 saturated heterocycles. The smallest absolute Gasteiger partial charge is 0.308 e. The van der Waals surface area contributed by atoms with Gasteiger partial charge in [-0.05, 0) is 29.1 Å². The van der Waals surface area contributed by atoms with E-state index in [1.54, 1.807) is 12.1 Å². The Morgan fingerprint density at radius 1 is 1.11 bits per heavy atom. The molecule has 1 N–H and O–H groups in total. The van der Waals surface area contributed by atoms with Crippen LogP contribution in [0.5, 0.6) is 0 Å². The van der Waals surface area contributed by atoms with Crippen LogP contribution in [0.25, 0.3) is 11.1 Å².